The van der Waals surface area contributed by atoms with Gasteiger partial charge in [-0.1, -0.05) is 6.07 Å². The fourth-order valence-electron chi connectivity index (χ4n) is 2.96. The van der Waals surface area contributed by atoms with E-state index in [1.165, 1.54) is 16.2 Å². The number of anilines is 1. The summed E-state index contributed by atoms with van der Waals surface area (Å²) in [6, 6.07) is 7.64. The molecule has 0 aromatic carbocycles. The number of nitrogens with zero attached hydrogens (tertiary/aromatic N) is 3. The van der Waals surface area contributed by atoms with E-state index in [4.69, 9.17) is 9.84 Å². The molecule has 2 amide bonds. The molecular formula is C19H18N4O5S. The summed E-state index contributed by atoms with van der Waals surface area (Å²) >= 11 is 1.25. The van der Waals surface area contributed by atoms with Gasteiger partial charge in [0.25, 0.3) is 0 Å². The fraction of sp³-hybridized carbons (Fsp3) is 0.316. The van der Waals surface area contributed by atoms with Crippen LogP contribution in [0, 0.1) is 11.3 Å². The van der Waals surface area contributed by atoms with Gasteiger partial charge in [0, 0.05) is 29.7 Å². The van der Waals surface area contributed by atoms with Gasteiger partial charge in [0.05, 0.1) is 12.1 Å². The number of hydrogen-bond acceptors (Lipinski definition) is 7. The largest absolute Gasteiger partial charge is 0.479 e. The van der Waals surface area contributed by atoms with Crippen LogP contribution in [0.25, 0.3) is 0 Å². The van der Waals surface area contributed by atoms with Crippen molar-refractivity contribution in [1.82, 2.24) is 9.88 Å². The number of carbonyl (C=O) groups is 3. The van der Waals surface area contributed by atoms with Gasteiger partial charge in [-0.15, -0.1) is 11.3 Å². The van der Waals surface area contributed by atoms with Gasteiger partial charge in [-0.25, -0.2) is 9.59 Å². The number of carboxylic acid groups (broad SMARTS) is 1. The number of nitrogens with one attached hydrogen (secondary N) is 1. The summed E-state index contributed by atoms with van der Waals surface area (Å²) in [5, 5.41) is 21.4. The Morgan fingerprint density at radius 3 is 2.90 bits per heavy atom. The Morgan fingerprint density at radius 2 is 2.21 bits per heavy atom. The first kappa shape index (κ1) is 20.3. The maximum absolute atomic E-state index is 12.3. The maximum atomic E-state index is 12.3. The van der Waals surface area contributed by atoms with Crippen LogP contribution >= 0.6 is 11.3 Å². The molecule has 0 aliphatic carbocycles. The van der Waals surface area contributed by atoms with Crippen LogP contribution in [0.1, 0.15) is 28.1 Å². The highest BCUT2D eigenvalue weighted by atomic mass is 32.1. The molecule has 0 fully saturated rings. The maximum Gasteiger partial charge on any atom is 0.410 e. The third kappa shape index (κ3) is 5.08. The van der Waals surface area contributed by atoms with E-state index >= 15 is 0 Å². The molecule has 0 radical (unpaired) electrons. The fourth-order valence-corrected chi connectivity index (χ4v) is 4.19. The first-order chi connectivity index (χ1) is 14.0. The predicted octanol–water partition coefficient (Wildman–Crippen LogP) is 2.17. The zero-order valence-corrected chi connectivity index (χ0v) is 16.2. The lowest BCUT2D eigenvalue weighted by molar-refractivity contribution is -0.140. The minimum atomic E-state index is -1.23. The zero-order valence-electron chi connectivity index (χ0n) is 15.4. The van der Waals surface area contributed by atoms with E-state index in [9.17, 15) is 19.6 Å². The summed E-state index contributed by atoms with van der Waals surface area (Å²) in [6.07, 6.45) is 2.11. The average Bonchev–Trinajstić information content (AvgIpc) is 3.07. The second-order valence-corrected chi connectivity index (χ2v) is 7.41. The van der Waals surface area contributed by atoms with Gasteiger partial charge in [0.1, 0.15) is 11.1 Å². The highest BCUT2D eigenvalue weighted by Crippen LogP contribution is 2.36. The predicted molar refractivity (Wildman–Crippen MR) is 103 cm³/mol. The van der Waals surface area contributed by atoms with Crippen molar-refractivity contribution in [1.29, 1.82) is 5.26 Å². The van der Waals surface area contributed by atoms with Gasteiger partial charge in [0.2, 0.25) is 5.91 Å². The first-order valence-electron chi connectivity index (χ1n) is 8.85. The molecule has 3 heterocycles. The number of hydrogen-bond donors (Lipinski definition) is 2. The number of fused-ring (bicyclic) bond motifs is 1. The quantitative estimate of drug-likeness (QED) is 0.740. The van der Waals surface area contributed by atoms with E-state index in [1.54, 1.807) is 12.3 Å². The highest BCUT2D eigenvalue weighted by molar-refractivity contribution is 7.16. The van der Waals surface area contributed by atoms with Gasteiger partial charge in [-0.3, -0.25) is 9.78 Å². The Hall–Kier alpha value is -3.45. The topological polar surface area (TPSA) is 133 Å². The number of aliphatic carboxylic acids is 1. The first-order valence-corrected chi connectivity index (χ1v) is 9.67. The Labute approximate surface area is 170 Å². The minimum absolute atomic E-state index is 0.205. The second-order valence-electron chi connectivity index (χ2n) is 6.31. The summed E-state index contributed by atoms with van der Waals surface area (Å²) < 4.78 is 4.71. The molecule has 0 spiro atoms. The molecule has 3 rings (SSSR count). The summed E-state index contributed by atoms with van der Waals surface area (Å²) in [7, 11) is 0. The van der Waals surface area contributed by atoms with Gasteiger partial charge in [0.15, 0.2) is 6.61 Å². The lowest BCUT2D eigenvalue weighted by Crippen LogP contribution is -2.36. The smallest absolute Gasteiger partial charge is 0.410 e. The van der Waals surface area contributed by atoms with Crippen molar-refractivity contribution in [2.75, 3.05) is 18.5 Å². The van der Waals surface area contributed by atoms with Crippen LogP contribution in [-0.2, 0) is 33.7 Å². The van der Waals surface area contributed by atoms with Crippen molar-refractivity contribution in [3.8, 4) is 6.07 Å². The molecule has 1 aliphatic rings. The molecule has 10 heteroatoms. The van der Waals surface area contributed by atoms with Gasteiger partial charge < -0.3 is 20.1 Å². The van der Waals surface area contributed by atoms with E-state index in [2.05, 4.69) is 16.4 Å². The highest BCUT2D eigenvalue weighted by Gasteiger charge is 2.28. The minimum Gasteiger partial charge on any atom is -0.479 e. The van der Waals surface area contributed by atoms with Gasteiger partial charge in [-0.2, -0.15) is 5.26 Å². The summed E-state index contributed by atoms with van der Waals surface area (Å²) in [6.45, 7) is -0.186. The van der Waals surface area contributed by atoms with Crippen LogP contribution in [0.15, 0.2) is 24.4 Å². The van der Waals surface area contributed by atoms with Crippen molar-refractivity contribution < 1.29 is 24.2 Å². The van der Waals surface area contributed by atoms with E-state index in [1.807, 2.05) is 12.1 Å². The van der Waals surface area contributed by atoms with Crippen LogP contribution in [0.3, 0.4) is 0 Å². The van der Waals surface area contributed by atoms with Crippen molar-refractivity contribution >= 4 is 34.3 Å². The molecule has 2 N–H and O–H groups in total. The number of thiophene rings is 1. The number of amides is 2. The van der Waals surface area contributed by atoms with Crippen molar-refractivity contribution in [3.05, 3.63) is 46.1 Å². The number of aryl methyl sites for hydroxylation is 1. The lowest BCUT2D eigenvalue weighted by atomic mass is 10.0. The molecule has 0 bridgehead atoms. The van der Waals surface area contributed by atoms with Crippen LogP contribution in [0.4, 0.5) is 9.80 Å². The molecule has 2 aromatic heterocycles. The normalized spacial score (nSPS) is 12.6. The van der Waals surface area contributed by atoms with Crippen LogP contribution in [0.2, 0.25) is 0 Å². The van der Waals surface area contributed by atoms with Crippen LogP contribution in [0.5, 0.6) is 0 Å². The number of nitriles is 1. The molecule has 0 saturated heterocycles. The molecule has 0 unspecified atom stereocenters. The van der Waals surface area contributed by atoms with E-state index < -0.39 is 18.7 Å². The molecule has 0 atom stereocenters. The average molecular weight is 414 g/mol. The number of aromatic nitrogens is 1. The lowest BCUT2D eigenvalue weighted by Gasteiger charge is -2.25. The third-order valence-electron chi connectivity index (χ3n) is 4.33. The Morgan fingerprint density at radius 1 is 1.38 bits per heavy atom. The molecule has 29 heavy (non-hydrogen) atoms. The number of carboxylic acids is 1. The number of rotatable bonds is 6. The third-order valence-corrected chi connectivity index (χ3v) is 5.47. The van der Waals surface area contributed by atoms with Crippen molar-refractivity contribution in [2.45, 2.75) is 25.8 Å². The zero-order chi connectivity index (χ0) is 20.8. The molecule has 0 saturated carbocycles. The Kier molecular flexibility index (Phi) is 6.41. The molecular weight excluding hydrogens is 396 g/mol. The molecule has 9 nitrogen and oxygen atoms in total. The number of pyridine rings is 1. The summed E-state index contributed by atoms with van der Waals surface area (Å²) in [5.41, 5.74) is 2.03. The monoisotopic (exact) mass is 414 g/mol. The Bertz CT molecular complexity index is 967. The van der Waals surface area contributed by atoms with Crippen LogP contribution < -0.4 is 5.32 Å². The van der Waals surface area contributed by atoms with Crippen LogP contribution in [-0.4, -0.2) is 46.1 Å². The molecule has 2 aromatic rings. The van der Waals surface area contributed by atoms with E-state index in [-0.39, 0.29) is 18.9 Å². The molecule has 1 aliphatic heterocycles. The standard InChI is InChI=1S/C19H18N4O5S/c20-9-14-13-6-8-23(19(27)28-11-17(25)26)10-15(13)29-18(14)22-16(24)5-4-12-3-1-2-7-21-12/h1-3,7H,4-6,8,10-11H2,(H,22,24)(H,25,26). The number of carbonyl (C=O) groups excluding carboxylic acids is 2. The van der Waals surface area contributed by atoms with E-state index in [0.717, 1.165) is 16.1 Å². The van der Waals surface area contributed by atoms with Gasteiger partial charge >= 0.3 is 12.1 Å². The molecule has 150 valence electrons. The summed E-state index contributed by atoms with van der Waals surface area (Å²) in [5.74, 6) is -1.45. The van der Waals surface area contributed by atoms with Gasteiger partial charge in [-0.05, 0) is 30.5 Å². The van der Waals surface area contributed by atoms with Crippen molar-refractivity contribution in [3.63, 3.8) is 0 Å². The van der Waals surface area contributed by atoms with E-state index in [0.29, 0.717) is 30.0 Å². The summed E-state index contributed by atoms with van der Waals surface area (Å²) in [4.78, 5) is 41.2. The second kappa shape index (κ2) is 9.16. The SMILES string of the molecule is N#Cc1c(NC(=O)CCc2ccccn2)sc2c1CCN(C(=O)OCC(=O)O)C2. The number of ether oxygens (including phenoxy) is 1. The van der Waals surface area contributed by atoms with Crippen molar-refractivity contribution in [2.24, 2.45) is 0 Å². The Balaban J connectivity index is 1.64.